The van der Waals surface area contributed by atoms with Crippen LogP contribution in [0.4, 0.5) is 0 Å². The van der Waals surface area contributed by atoms with Crippen LogP contribution >= 0.6 is 0 Å². The highest BCUT2D eigenvalue weighted by Crippen LogP contribution is 2.16. The van der Waals surface area contributed by atoms with E-state index in [0.29, 0.717) is 5.75 Å². The molecule has 0 saturated heterocycles. The Morgan fingerprint density at radius 1 is 0.818 bits per heavy atom. The predicted octanol–water partition coefficient (Wildman–Crippen LogP) is 5.52. The number of methoxy groups -OCH3 is 1. The molecule has 1 rings (SSSR count). The second kappa shape index (κ2) is 12.3. The van der Waals surface area contributed by atoms with Gasteiger partial charge in [0.15, 0.2) is 5.75 Å². The summed E-state index contributed by atoms with van der Waals surface area (Å²) in [6, 6.07) is 7.29. The highest BCUT2D eigenvalue weighted by molar-refractivity contribution is 5.32. The van der Waals surface area contributed by atoms with Gasteiger partial charge >= 0.3 is 0 Å². The van der Waals surface area contributed by atoms with Gasteiger partial charge in [-0.3, -0.25) is 4.79 Å². The largest absolute Gasteiger partial charge is 0.492 e. The van der Waals surface area contributed by atoms with Crippen molar-refractivity contribution in [3.05, 3.63) is 40.1 Å². The van der Waals surface area contributed by atoms with E-state index in [1.165, 1.54) is 57.8 Å². The molecule has 0 aliphatic rings. The molecule has 0 radical (unpaired) electrons. The van der Waals surface area contributed by atoms with E-state index in [1.807, 2.05) is 12.1 Å². The molecule has 0 amide bonds. The van der Waals surface area contributed by atoms with Crippen molar-refractivity contribution < 1.29 is 4.74 Å². The Morgan fingerprint density at radius 2 is 1.36 bits per heavy atom. The van der Waals surface area contributed by atoms with Gasteiger partial charge in [0.25, 0.3) is 0 Å². The quantitative estimate of drug-likeness (QED) is 0.475. The summed E-state index contributed by atoms with van der Waals surface area (Å²) in [7, 11) is 1.58. The van der Waals surface area contributed by atoms with Crippen molar-refractivity contribution in [2.45, 2.75) is 77.6 Å². The van der Waals surface area contributed by atoms with Gasteiger partial charge < -0.3 is 4.74 Å². The van der Waals surface area contributed by atoms with Gasteiger partial charge in [-0.2, -0.15) is 0 Å². The van der Waals surface area contributed by atoms with E-state index >= 15 is 0 Å². The SMILES string of the molecule is CCCCCCCCCCCCc1ccccc(=O)c1OC. The fourth-order valence-electron chi connectivity index (χ4n) is 2.86. The van der Waals surface area contributed by atoms with Crippen LogP contribution in [0.25, 0.3) is 0 Å². The normalized spacial score (nSPS) is 10.6. The Labute approximate surface area is 135 Å². The lowest BCUT2D eigenvalue weighted by Gasteiger charge is -2.05. The summed E-state index contributed by atoms with van der Waals surface area (Å²) in [6.07, 6.45) is 14.2. The fourth-order valence-corrected chi connectivity index (χ4v) is 2.86. The third kappa shape index (κ3) is 7.63. The van der Waals surface area contributed by atoms with E-state index in [0.717, 1.165) is 18.4 Å². The summed E-state index contributed by atoms with van der Waals surface area (Å²) in [5.74, 6) is 0.515. The van der Waals surface area contributed by atoms with E-state index in [2.05, 4.69) is 6.92 Å². The molecular weight excluding hydrogens is 272 g/mol. The molecule has 0 unspecified atom stereocenters. The molecule has 22 heavy (non-hydrogen) atoms. The average Bonchev–Trinajstić information content (AvgIpc) is 2.70. The Bertz CT molecular complexity index is 454. The van der Waals surface area contributed by atoms with E-state index in [4.69, 9.17) is 4.74 Å². The number of hydrogen-bond donors (Lipinski definition) is 0. The van der Waals surface area contributed by atoms with Crippen LogP contribution in [0.15, 0.2) is 29.1 Å². The molecule has 0 fully saturated rings. The zero-order valence-corrected chi connectivity index (χ0v) is 14.4. The molecule has 0 heterocycles. The van der Waals surface area contributed by atoms with Crippen LogP contribution in [-0.4, -0.2) is 7.11 Å². The van der Waals surface area contributed by atoms with Crippen molar-refractivity contribution in [1.82, 2.24) is 0 Å². The van der Waals surface area contributed by atoms with Crippen LogP contribution in [0, 0.1) is 0 Å². The summed E-state index contributed by atoms with van der Waals surface area (Å²) in [5.41, 5.74) is 1.02. The first-order valence-corrected chi connectivity index (χ1v) is 8.95. The summed E-state index contributed by atoms with van der Waals surface area (Å²) in [6.45, 7) is 2.26. The van der Waals surface area contributed by atoms with E-state index in [1.54, 1.807) is 19.2 Å². The summed E-state index contributed by atoms with van der Waals surface area (Å²) < 4.78 is 5.27. The van der Waals surface area contributed by atoms with Crippen molar-refractivity contribution in [2.24, 2.45) is 0 Å². The van der Waals surface area contributed by atoms with E-state index < -0.39 is 0 Å². The molecule has 2 heteroatoms. The summed E-state index contributed by atoms with van der Waals surface area (Å²) in [4.78, 5) is 11.8. The van der Waals surface area contributed by atoms with Gasteiger partial charge in [0.2, 0.25) is 5.43 Å². The maximum atomic E-state index is 11.8. The molecule has 0 spiro atoms. The van der Waals surface area contributed by atoms with Crippen molar-refractivity contribution >= 4 is 0 Å². The average molecular weight is 304 g/mol. The molecule has 0 bridgehead atoms. The molecule has 0 aromatic heterocycles. The van der Waals surface area contributed by atoms with Gasteiger partial charge in [-0.15, -0.1) is 0 Å². The van der Waals surface area contributed by atoms with Crippen LogP contribution < -0.4 is 10.2 Å². The Morgan fingerprint density at radius 3 is 1.95 bits per heavy atom. The molecule has 0 aliphatic heterocycles. The maximum Gasteiger partial charge on any atom is 0.220 e. The lowest BCUT2D eigenvalue weighted by Crippen LogP contribution is -2.03. The van der Waals surface area contributed by atoms with Crippen LogP contribution in [0.2, 0.25) is 0 Å². The minimum absolute atomic E-state index is 0.0189. The third-order valence-electron chi connectivity index (χ3n) is 4.18. The first-order chi connectivity index (χ1) is 10.8. The molecule has 0 aliphatic carbocycles. The first kappa shape index (κ1) is 18.7. The minimum atomic E-state index is -0.0189. The molecular formula is C20H32O2. The summed E-state index contributed by atoms with van der Waals surface area (Å²) in [5, 5.41) is 0. The highest BCUT2D eigenvalue weighted by Gasteiger charge is 2.04. The van der Waals surface area contributed by atoms with Crippen molar-refractivity contribution in [1.29, 1.82) is 0 Å². The zero-order chi connectivity index (χ0) is 16.0. The molecule has 2 nitrogen and oxygen atoms in total. The Kier molecular flexibility index (Phi) is 10.4. The zero-order valence-electron chi connectivity index (χ0n) is 14.4. The predicted molar refractivity (Wildman–Crippen MR) is 94.8 cm³/mol. The van der Waals surface area contributed by atoms with Gasteiger partial charge in [-0.25, -0.2) is 0 Å². The first-order valence-electron chi connectivity index (χ1n) is 8.95. The van der Waals surface area contributed by atoms with Gasteiger partial charge in [-0.05, 0) is 24.5 Å². The molecule has 1 aromatic carbocycles. The lowest BCUT2D eigenvalue weighted by molar-refractivity contribution is 0.405. The van der Waals surface area contributed by atoms with E-state index in [-0.39, 0.29) is 5.43 Å². The highest BCUT2D eigenvalue weighted by atomic mass is 16.5. The fraction of sp³-hybridized carbons (Fsp3) is 0.650. The number of ether oxygens (including phenoxy) is 1. The van der Waals surface area contributed by atoms with Crippen LogP contribution in [0.1, 0.15) is 76.7 Å². The molecule has 124 valence electrons. The third-order valence-corrected chi connectivity index (χ3v) is 4.18. The van der Waals surface area contributed by atoms with Gasteiger partial charge in [-0.1, -0.05) is 82.9 Å². The second-order valence-corrected chi connectivity index (χ2v) is 6.07. The number of aryl methyl sites for hydroxylation is 1. The molecule has 0 saturated carbocycles. The van der Waals surface area contributed by atoms with Crippen molar-refractivity contribution in [3.63, 3.8) is 0 Å². The Balaban J connectivity index is 2.17. The van der Waals surface area contributed by atoms with Gasteiger partial charge in [0, 0.05) is 0 Å². The molecule has 0 atom stereocenters. The van der Waals surface area contributed by atoms with Crippen LogP contribution in [0.3, 0.4) is 0 Å². The van der Waals surface area contributed by atoms with Crippen LogP contribution in [-0.2, 0) is 6.42 Å². The number of hydrogen-bond acceptors (Lipinski definition) is 2. The molecule has 1 aromatic rings. The second-order valence-electron chi connectivity index (χ2n) is 6.07. The van der Waals surface area contributed by atoms with Crippen molar-refractivity contribution in [2.75, 3.05) is 7.11 Å². The Hall–Kier alpha value is -1.31. The topological polar surface area (TPSA) is 26.3 Å². The van der Waals surface area contributed by atoms with Crippen LogP contribution in [0.5, 0.6) is 5.75 Å². The maximum absolute atomic E-state index is 11.8. The van der Waals surface area contributed by atoms with Gasteiger partial charge in [0.05, 0.1) is 7.11 Å². The number of unbranched alkanes of at least 4 members (excludes halogenated alkanes) is 9. The minimum Gasteiger partial charge on any atom is -0.492 e. The summed E-state index contributed by atoms with van der Waals surface area (Å²) >= 11 is 0. The number of rotatable bonds is 12. The lowest BCUT2D eigenvalue weighted by atomic mass is 10.0. The smallest absolute Gasteiger partial charge is 0.220 e. The monoisotopic (exact) mass is 304 g/mol. The van der Waals surface area contributed by atoms with E-state index in [9.17, 15) is 4.79 Å². The standard InChI is InChI=1S/C20H32O2/c1-3-4-5-6-7-8-9-10-11-12-15-18-16-13-14-17-19(21)20(18)22-2/h13-14,16-17H,3-12,15H2,1-2H3. The van der Waals surface area contributed by atoms with Gasteiger partial charge in [0.1, 0.15) is 0 Å². The van der Waals surface area contributed by atoms with Crippen molar-refractivity contribution in [3.8, 4) is 5.75 Å². The molecule has 0 N–H and O–H groups in total.